The van der Waals surface area contributed by atoms with E-state index >= 15 is 0 Å². The maximum atomic E-state index is 12.4. The van der Waals surface area contributed by atoms with E-state index in [0.717, 1.165) is 25.8 Å². The third-order valence-electron chi connectivity index (χ3n) is 4.52. The van der Waals surface area contributed by atoms with Crippen LogP contribution in [0.2, 0.25) is 0 Å². The van der Waals surface area contributed by atoms with Gasteiger partial charge >= 0.3 is 0 Å². The van der Waals surface area contributed by atoms with Gasteiger partial charge in [0.1, 0.15) is 0 Å². The second kappa shape index (κ2) is 8.32. The zero-order valence-electron chi connectivity index (χ0n) is 14.0. The number of benzene rings is 2. The minimum atomic E-state index is -0.323. The third kappa shape index (κ3) is 3.97. The summed E-state index contributed by atoms with van der Waals surface area (Å²) in [4.78, 5) is 12.4. The van der Waals surface area contributed by atoms with Crippen LogP contribution in [0.25, 0.3) is 0 Å². The lowest BCUT2D eigenvalue weighted by Crippen LogP contribution is -2.49. The Bertz CT molecular complexity index is 647. The Morgan fingerprint density at radius 1 is 1.00 bits per heavy atom. The Morgan fingerprint density at radius 2 is 1.58 bits per heavy atom. The lowest BCUT2D eigenvalue weighted by Gasteiger charge is -2.31. The molecule has 3 nitrogen and oxygen atoms in total. The molecular formula is C20H25ClN2O. The average Bonchev–Trinajstić information content (AvgIpc) is 2.95. The van der Waals surface area contributed by atoms with Crippen molar-refractivity contribution in [2.75, 3.05) is 13.1 Å². The molecule has 0 saturated heterocycles. The van der Waals surface area contributed by atoms with E-state index in [1.54, 1.807) is 0 Å². The molecular weight excluding hydrogens is 320 g/mol. The number of fused-ring (bicyclic) bond motifs is 1. The Kier molecular flexibility index (Phi) is 6.41. The normalized spacial score (nSPS) is 14.5. The maximum absolute atomic E-state index is 12.4. The van der Waals surface area contributed by atoms with Gasteiger partial charge in [-0.2, -0.15) is 0 Å². The van der Waals surface area contributed by atoms with Crippen LogP contribution in [0.15, 0.2) is 54.6 Å². The number of halogens is 1. The highest BCUT2D eigenvalue weighted by molar-refractivity contribution is 5.85. The van der Waals surface area contributed by atoms with Gasteiger partial charge in [-0.3, -0.25) is 4.79 Å². The molecule has 0 aliphatic heterocycles. The Labute approximate surface area is 150 Å². The molecule has 0 atom stereocenters. The number of rotatable bonds is 6. The maximum Gasteiger partial charge on any atom is 0.234 e. The van der Waals surface area contributed by atoms with Crippen molar-refractivity contribution in [3.8, 4) is 0 Å². The minimum absolute atomic E-state index is 0. The summed E-state index contributed by atoms with van der Waals surface area (Å²) in [6.45, 7) is 3.34. The summed E-state index contributed by atoms with van der Waals surface area (Å²) in [5.74, 6) is 0.0649. The fourth-order valence-electron chi connectivity index (χ4n) is 3.43. The summed E-state index contributed by atoms with van der Waals surface area (Å²) < 4.78 is 0. The van der Waals surface area contributed by atoms with Crippen LogP contribution in [-0.2, 0) is 23.2 Å². The Balaban J connectivity index is 0.00000208. The molecule has 128 valence electrons. The van der Waals surface area contributed by atoms with Crippen LogP contribution in [0.4, 0.5) is 0 Å². The van der Waals surface area contributed by atoms with Crippen LogP contribution in [0, 0.1) is 0 Å². The zero-order valence-corrected chi connectivity index (χ0v) is 14.9. The molecule has 0 spiro atoms. The summed E-state index contributed by atoms with van der Waals surface area (Å²) in [6, 6.07) is 18.8. The number of amides is 1. The Morgan fingerprint density at radius 3 is 2.17 bits per heavy atom. The smallest absolute Gasteiger partial charge is 0.234 e. The van der Waals surface area contributed by atoms with Crippen molar-refractivity contribution >= 4 is 18.3 Å². The molecule has 0 aromatic heterocycles. The molecule has 2 aromatic carbocycles. The molecule has 2 aromatic rings. The summed E-state index contributed by atoms with van der Waals surface area (Å²) in [7, 11) is 0. The van der Waals surface area contributed by atoms with Gasteiger partial charge in [0.05, 0.1) is 12.1 Å². The second-order valence-corrected chi connectivity index (χ2v) is 6.30. The molecule has 0 unspecified atom stereocenters. The van der Waals surface area contributed by atoms with E-state index in [4.69, 9.17) is 0 Å². The number of hydrogen-bond donors (Lipinski definition) is 2. The standard InChI is InChI=1S/C20H24N2O.ClH/c1-2-12-21-15-19(23)22-20(18-10-4-3-5-11-18)13-16-8-6-7-9-17(16)14-20;/h3-11,21H,2,12-15H2,1H3,(H,22,23);1H. The van der Waals surface area contributed by atoms with E-state index in [1.165, 1.54) is 16.7 Å². The average molecular weight is 345 g/mol. The van der Waals surface area contributed by atoms with Crippen LogP contribution in [0.3, 0.4) is 0 Å². The molecule has 3 rings (SSSR count). The van der Waals surface area contributed by atoms with E-state index in [9.17, 15) is 4.79 Å². The van der Waals surface area contributed by atoms with Crippen molar-refractivity contribution in [1.82, 2.24) is 10.6 Å². The van der Waals surface area contributed by atoms with Crippen molar-refractivity contribution in [3.63, 3.8) is 0 Å². The molecule has 24 heavy (non-hydrogen) atoms. The highest BCUT2D eigenvalue weighted by Gasteiger charge is 2.39. The third-order valence-corrected chi connectivity index (χ3v) is 4.52. The number of nitrogens with one attached hydrogen (secondary N) is 2. The van der Waals surface area contributed by atoms with Crippen molar-refractivity contribution < 1.29 is 4.79 Å². The van der Waals surface area contributed by atoms with Crippen LogP contribution in [-0.4, -0.2) is 19.0 Å². The fourth-order valence-corrected chi connectivity index (χ4v) is 3.43. The van der Waals surface area contributed by atoms with Gasteiger partial charge in [0.15, 0.2) is 0 Å². The largest absolute Gasteiger partial charge is 0.345 e. The molecule has 0 saturated carbocycles. The molecule has 0 heterocycles. The van der Waals surface area contributed by atoms with Gasteiger partial charge in [-0.05, 0) is 29.7 Å². The van der Waals surface area contributed by atoms with Gasteiger partial charge in [-0.1, -0.05) is 61.5 Å². The quantitative estimate of drug-likeness (QED) is 0.790. The van der Waals surface area contributed by atoms with E-state index in [1.807, 2.05) is 18.2 Å². The van der Waals surface area contributed by atoms with Crippen LogP contribution < -0.4 is 10.6 Å². The van der Waals surface area contributed by atoms with Gasteiger partial charge in [-0.25, -0.2) is 0 Å². The lowest BCUT2D eigenvalue weighted by molar-refractivity contribution is -0.122. The first kappa shape index (κ1) is 18.5. The van der Waals surface area contributed by atoms with E-state index in [0.29, 0.717) is 6.54 Å². The van der Waals surface area contributed by atoms with Crippen LogP contribution >= 0.6 is 12.4 Å². The molecule has 0 bridgehead atoms. The molecule has 1 amide bonds. The Hall–Kier alpha value is -1.84. The molecule has 1 aliphatic rings. The van der Waals surface area contributed by atoms with Crippen LogP contribution in [0.1, 0.15) is 30.0 Å². The lowest BCUT2D eigenvalue weighted by atomic mass is 9.86. The van der Waals surface area contributed by atoms with Crippen molar-refractivity contribution in [2.45, 2.75) is 31.7 Å². The molecule has 2 N–H and O–H groups in total. The molecule has 4 heteroatoms. The number of carbonyl (C=O) groups is 1. The number of carbonyl (C=O) groups excluding carboxylic acids is 1. The summed E-state index contributed by atoms with van der Waals surface area (Å²) >= 11 is 0. The first-order valence-electron chi connectivity index (χ1n) is 8.37. The van der Waals surface area contributed by atoms with Crippen molar-refractivity contribution in [3.05, 3.63) is 71.3 Å². The zero-order chi connectivity index (χ0) is 16.1. The first-order valence-corrected chi connectivity index (χ1v) is 8.37. The van der Waals surface area contributed by atoms with Crippen molar-refractivity contribution in [1.29, 1.82) is 0 Å². The van der Waals surface area contributed by atoms with Crippen LogP contribution in [0.5, 0.6) is 0 Å². The second-order valence-electron chi connectivity index (χ2n) is 6.30. The van der Waals surface area contributed by atoms with E-state index < -0.39 is 0 Å². The van der Waals surface area contributed by atoms with E-state index in [2.05, 4.69) is 54.0 Å². The van der Waals surface area contributed by atoms with Crippen molar-refractivity contribution in [2.24, 2.45) is 0 Å². The first-order chi connectivity index (χ1) is 11.2. The summed E-state index contributed by atoms with van der Waals surface area (Å²) in [6.07, 6.45) is 2.74. The molecule has 0 fully saturated rings. The molecule has 1 aliphatic carbocycles. The summed E-state index contributed by atoms with van der Waals surface area (Å²) in [5.41, 5.74) is 3.52. The van der Waals surface area contributed by atoms with Gasteiger partial charge in [0, 0.05) is 12.8 Å². The highest BCUT2D eigenvalue weighted by atomic mass is 35.5. The molecule has 0 radical (unpaired) electrons. The predicted octanol–water partition coefficient (Wildman–Crippen LogP) is 3.22. The monoisotopic (exact) mass is 344 g/mol. The van der Waals surface area contributed by atoms with Gasteiger partial charge in [0.25, 0.3) is 0 Å². The fraction of sp³-hybridized carbons (Fsp3) is 0.350. The van der Waals surface area contributed by atoms with Gasteiger partial charge in [-0.15, -0.1) is 12.4 Å². The van der Waals surface area contributed by atoms with Gasteiger partial charge < -0.3 is 10.6 Å². The van der Waals surface area contributed by atoms with E-state index in [-0.39, 0.29) is 23.9 Å². The highest BCUT2D eigenvalue weighted by Crippen LogP contribution is 2.37. The summed E-state index contributed by atoms with van der Waals surface area (Å²) in [5, 5.41) is 6.50. The number of hydrogen-bond acceptors (Lipinski definition) is 2. The topological polar surface area (TPSA) is 41.1 Å². The SMILES string of the molecule is CCCNCC(=O)NC1(c2ccccc2)Cc2ccccc2C1.Cl. The predicted molar refractivity (Wildman–Crippen MR) is 101 cm³/mol. The van der Waals surface area contributed by atoms with Gasteiger partial charge in [0.2, 0.25) is 5.91 Å². The minimum Gasteiger partial charge on any atom is -0.345 e.